The molecule has 6 heteroatoms. The molecule has 1 aromatic heterocycles. The number of benzene rings is 2. The zero-order valence-corrected chi connectivity index (χ0v) is 17.6. The third kappa shape index (κ3) is 4.13. The van der Waals surface area contributed by atoms with E-state index in [0.717, 1.165) is 29.1 Å². The minimum absolute atomic E-state index is 0.129. The Labute approximate surface area is 176 Å². The summed E-state index contributed by atoms with van der Waals surface area (Å²) in [7, 11) is 0. The second-order valence-corrected chi connectivity index (χ2v) is 7.94. The standard InChI is InChI=1S/C24H26N4O2/c1-16-13-18(3)27(26-16)15-19-8-10-20(11-9-19)24(30)25-21-5-4-6-22(14-21)28-17(2)7-12-23(28)29/h4-6,8-11,13-14,17H,7,12,15H2,1-3H3,(H,25,30). The fourth-order valence-electron chi connectivity index (χ4n) is 3.93. The number of nitrogens with zero attached hydrogens (tertiary/aromatic N) is 3. The second-order valence-electron chi connectivity index (χ2n) is 7.94. The van der Waals surface area contributed by atoms with Gasteiger partial charge in [-0.2, -0.15) is 5.10 Å². The predicted octanol–water partition coefficient (Wildman–Crippen LogP) is 4.32. The van der Waals surface area contributed by atoms with Crippen LogP contribution in [0.4, 0.5) is 11.4 Å². The molecule has 0 aliphatic carbocycles. The highest BCUT2D eigenvalue weighted by Crippen LogP contribution is 2.28. The smallest absolute Gasteiger partial charge is 0.255 e. The van der Waals surface area contributed by atoms with Gasteiger partial charge in [-0.3, -0.25) is 14.3 Å². The van der Waals surface area contributed by atoms with Crippen LogP contribution in [0, 0.1) is 13.8 Å². The molecule has 30 heavy (non-hydrogen) atoms. The van der Waals surface area contributed by atoms with Gasteiger partial charge in [0.1, 0.15) is 0 Å². The highest BCUT2D eigenvalue weighted by Gasteiger charge is 2.28. The van der Waals surface area contributed by atoms with Gasteiger partial charge in [-0.1, -0.05) is 18.2 Å². The van der Waals surface area contributed by atoms with Crippen molar-refractivity contribution in [1.82, 2.24) is 9.78 Å². The lowest BCUT2D eigenvalue weighted by molar-refractivity contribution is -0.117. The largest absolute Gasteiger partial charge is 0.322 e. The molecule has 0 radical (unpaired) electrons. The molecule has 3 aromatic rings. The van der Waals surface area contributed by atoms with E-state index >= 15 is 0 Å². The van der Waals surface area contributed by atoms with Crippen LogP contribution in [0.2, 0.25) is 0 Å². The molecule has 154 valence electrons. The number of rotatable bonds is 5. The molecular formula is C24H26N4O2. The predicted molar refractivity (Wildman–Crippen MR) is 118 cm³/mol. The lowest BCUT2D eigenvalue weighted by Crippen LogP contribution is -2.30. The van der Waals surface area contributed by atoms with E-state index in [1.165, 1.54) is 0 Å². The van der Waals surface area contributed by atoms with E-state index in [1.807, 2.05) is 85.0 Å². The van der Waals surface area contributed by atoms with Gasteiger partial charge >= 0.3 is 0 Å². The van der Waals surface area contributed by atoms with Gasteiger partial charge in [0.05, 0.1) is 12.2 Å². The summed E-state index contributed by atoms with van der Waals surface area (Å²) in [5, 5.41) is 7.42. The molecule has 6 nitrogen and oxygen atoms in total. The van der Waals surface area contributed by atoms with E-state index < -0.39 is 0 Å². The van der Waals surface area contributed by atoms with Crippen molar-refractivity contribution in [2.45, 2.75) is 46.2 Å². The maximum atomic E-state index is 12.7. The Balaban J connectivity index is 1.44. The van der Waals surface area contributed by atoms with Crippen molar-refractivity contribution in [2.75, 3.05) is 10.2 Å². The minimum atomic E-state index is -0.175. The fourth-order valence-corrected chi connectivity index (χ4v) is 3.93. The average Bonchev–Trinajstić information content (AvgIpc) is 3.22. The molecule has 0 spiro atoms. The van der Waals surface area contributed by atoms with Crippen LogP contribution in [0.3, 0.4) is 0 Å². The third-order valence-electron chi connectivity index (χ3n) is 5.52. The number of anilines is 2. The summed E-state index contributed by atoms with van der Waals surface area (Å²) in [4.78, 5) is 26.7. The van der Waals surface area contributed by atoms with Crippen molar-refractivity contribution in [3.8, 4) is 0 Å². The number of aryl methyl sites for hydroxylation is 2. The summed E-state index contributed by atoms with van der Waals surface area (Å²) in [6.45, 7) is 6.73. The van der Waals surface area contributed by atoms with Gasteiger partial charge in [0.25, 0.3) is 5.91 Å². The van der Waals surface area contributed by atoms with Gasteiger partial charge in [-0.25, -0.2) is 0 Å². The number of carbonyl (C=O) groups excluding carboxylic acids is 2. The number of aromatic nitrogens is 2. The zero-order chi connectivity index (χ0) is 21.3. The van der Waals surface area contributed by atoms with Crippen LogP contribution in [-0.4, -0.2) is 27.6 Å². The summed E-state index contributed by atoms with van der Waals surface area (Å²) in [6.07, 6.45) is 1.43. The van der Waals surface area contributed by atoms with Gasteiger partial charge in [-0.05, 0) is 69.2 Å². The lowest BCUT2D eigenvalue weighted by Gasteiger charge is -2.22. The normalized spacial score (nSPS) is 16.2. The highest BCUT2D eigenvalue weighted by atomic mass is 16.2. The molecule has 1 N–H and O–H groups in total. The molecule has 0 bridgehead atoms. The molecule has 1 saturated heterocycles. The first-order valence-corrected chi connectivity index (χ1v) is 10.2. The topological polar surface area (TPSA) is 67.2 Å². The first kappa shape index (κ1) is 19.9. The Hall–Kier alpha value is -3.41. The first-order valence-electron chi connectivity index (χ1n) is 10.2. The van der Waals surface area contributed by atoms with Crippen molar-refractivity contribution in [2.24, 2.45) is 0 Å². The van der Waals surface area contributed by atoms with Gasteiger partial charge in [-0.15, -0.1) is 0 Å². The number of carbonyl (C=O) groups is 2. The molecule has 1 aliphatic heterocycles. The first-order chi connectivity index (χ1) is 14.4. The van der Waals surface area contributed by atoms with E-state index in [2.05, 4.69) is 10.4 Å². The van der Waals surface area contributed by atoms with Crippen LogP contribution in [0.15, 0.2) is 54.6 Å². The van der Waals surface area contributed by atoms with E-state index in [-0.39, 0.29) is 17.9 Å². The SMILES string of the molecule is Cc1cc(C)n(Cc2ccc(C(=O)Nc3cccc(N4C(=O)CCC4C)c3)cc2)n1. The third-order valence-corrected chi connectivity index (χ3v) is 5.52. The van der Waals surface area contributed by atoms with Crippen molar-refractivity contribution in [1.29, 1.82) is 0 Å². The molecule has 4 rings (SSSR count). The van der Waals surface area contributed by atoms with Crippen LogP contribution in [0.25, 0.3) is 0 Å². The Bertz CT molecular complexity index is 1080. The Morgan fingerprint density at radius 3 is 2.53 bits per heavy atom. The molecular weight excluding hydrogens is 376 g/mol. The lowest BCUT2D eigenvalue weighted by atomic mass is 10.1. The molecule has 1 fully saturated rings. The number of hydrogen-bond acceptors (Lipinski definition) is 3. The summed E-state index contributed by atoms with van der Waals surface area (Å²) < 4.78 is 1.95. The van der Waals surface area contributed by atoms with Crippen LogP contribution < -0.4 is 10.2 Å². The Morgan fingerprint density at radius 2 is 1.90 bits per heavy atom. The van der Waals surface area contributed by atoms with Gasteiger partial charge in [0.2, 0.25) is 5.91 Å². The molecule has 2 amide bonds. The van der Waals surface area contributed by atoms with Crippen molar-refractivity contribution in [3.05, 3.63) is 77.1 Å². The van der Waals surface area contributed by atoms with Gasteiger partial charge in [0, 0.05) is 35.1 Å². The summed E-state index contributed by atoms with van der Waals surface area (Å²) >= 11 is 0. The van der Waals surface area contributed by atoms with Crippen LogP contribution in [0.5, 0.6) is 0 Å². The number of hydrogen-bond donors (Lipinski definition) is 1. The number of amides is 2. The van der Waals surface area contributed by atoms with Crippen LogP contribution in [-0.2, 0) is 11.3 Å². The van der Waals surface area contributed by atoms with Gasteiger partial charge in [0.15, 0.2) is 0 Å². The van der Waals surface area contributed by atoms with Crippen molar-refractivity contribution >= 4 is 23.2 Å². The van der Waals surface area contributed by atoms with Crippen molar-refractivity contribution < 1.29 is 9.59 Å². The quantitative estimate of drug-likeness (QED) is 0.691. The molecule has 1 unspecified atom stereocenters. The number of nitrogens with one attached hydrogen (secondary N) is 1. The zero-order valence-electron chi connectivity index (χ0n) is 17.6. The van der Waals surface area contributed by atoms with Crippen LogP contribution in [0.1, 0.15) is 47.1 Å². The minimum Gasteiger partial charge on any atom is -0.322 e. The maximum Gasteiger partial charge on any atom is 0.255 e. The van der Waals surface area contributed by atoms with E-state index in [0.29, 0.717) is 24.2 Å². The Morgan fingerprint density at radius 1 is 1.13 bits per heavy atom. The summed E-state index contributed by atoms with van der Waals surface area (Å²) in [6, 6.07) is 17.2. The van der Waals surface area contributed by atoms with E-state index in [1.54, 1.807) is 0 Å². The van der Waals surface area contributed by atoms with Crippen molar-refractivity contribution in [3.63, 3.8) is 0 Å². The summed E-state index contributed by atoms with van der Waals surface area (Å²) in [5.41, 5.74) is 5.28. The van der Waals surface area contributed by atoms with E-state index in [9.17, 15) is 9.59 Å². The molecule has 1 aliphatic rings. The molecule has 0 saturated carbocycles. The average molecular weight is 402 g/mol. The molecule has 2 heterocycles. The van der Waals surface area contributed by atoms with Crippen LogP contribution >= 0.6 is 0 Å². The van der Waals surface area contributed by atoms with Gasteiger partial charge < -0.3 is 10.2 Å². The Kier molecular flexibility index (Phi) is 5.40. The maximum absolute atomic E-state index is 12.7. The molecule has 1 atom stereocenters. The fraction of sp³-hybridized carbons (Fsp3) is 0.292. The monoisotopic (exact) mass is 402 g/mol. The molecule has 2 aromatic carbocycles. The summed E-state index contributed by atoms with van der Waals surface area (Å²) in [5.74, 6) is -0.0465. The second kappa shape index (κ2) is 8.14. The highest BCUT2D eigenvalue weighted by molar-refractivity contribution is 6.05. The van der Waals surface area contributed by atoms with E-state index in [4.69, 9.17) is 0 Å².